The molecule has 2 bridgehead atoms. The molecule has 0 aromatic carbocycles. The predicted octanol–water partition coefficient (Wildman–Crippen LogP) is 1.77. The van der Waals surface area contributed by atoms with E-state index in [1.54, 1.807) is 0 Å². The highest BCUT2D eigenvalue weighted by atomic mass is 14.7. The lowest BCUT2D eigenvalue weighted by Crippen LogP contribution is -2.57. The lowest BCUT2D eigenvalue weighted by Gasteiger charge is -2.59. The molecule has 0 aromatic rings. The quantitative estimate of drug-likeness (QED) is 0.544. The monoisotopic (exact) mass is 139 g/mol. The van der Waals surface area contributed by atoms with Gasteiger partial charge < -0.3 is 5.73 Å². The average Bonchev–Trinajstić information content (AvgIpc) is 1.87. The zero-order chi connectivity index (χ0) is 7.35. The lowest BCUT2D eigenvalue weighted by molar-refractivity contribution is -0.0777. The van der Waals surface area contributed by atoms with Crippen molar-refractivity contribution < 1.29 is 0 Å². The van der Waals surface area contributed by atoms with Crippen molar-refractivity contribution in [2.75, 3.05) is 0 Å². The van der Waals surface area contributed by atoms with Crippen molar-refractivity contribution in [2.24, 2.45) is 23.0 Å². The molecule has 3 fully saturated rings. The normalized spacial score (nSPS) is 50.1. The van der Waals surface area contributed by atoms with Gasteiger partial charge in [0.15, 0.2) is 0 Å². The van der Waals surface area contributed by atoms with Crippen molar-refractivity contribution in [3.63, 3.8) is 0 Å². The maximum absolute atomic E-state index is 5.99. The number of hydrogen-bond acceptors (Lipinski definition) is 1. The molecule has 3 aliphatic rings. The smallest absolute Gasteiger partial charge is 0.00725 e. The summed E-state index contributed by atoms with van der Waals surface area (Å²) in [6, 6.07) is 0.514. The van der Waals surface area contributed by atoms with Crippen molar-refractivity contribution in [1.29, 1.82) is 0 Å². The molecule has 2 N–H and O–H groups in total. The molecular weight excluding hydrogens is 122 g/mol. The predicted molar refractivity (Wildman–Crippen MR) is 42.6 cm³/mol. The van der Waals surface area contributed by atoms with Gasteiger partial charge in [-0.3, -0.25) is 0 Å². The third-order valence-corrected chi connectivity index (χ3v) is 3.91. The Morgan fingerprint density at radius 1 is 1.30 bits per heavy atom. The molecule has 0 spiro atoms. The van der Waals surface area contributed by atoms with E-state index < -0.39 is 0 Å². The van der Waals surface area contributed by atoms with Gasteiger partial charge in [-0.25, -0.2) is 0 Å². The fourth-order valence-corrected chi connectivity index (χ4v) is 2.87. The van der Waals surface area contributed by atoms with E-state index >= 15 is 0 Å². The van der Waals surface area contributed by atoms with Crippen molar-refractivity contribution >= 4 is 0 Å². The first kappa shape index (κ1) is 6.66. The van der Waals surface area contributed by atoms with Crippen LogP contribution >= 0.6 is 0 Å². The highest BCUT2D eigenvalue weighted by molar-refractivity contribution is 5.04. The lowest BCUT2D eigenvalue weighted by atomic mass is 9.47. The third-order valence-electron chi connectivity index (χ3n) is 3.91. The Morgan fingerprint density at radius 2 is 2.00 bits per heavy atom. The third kappa shape index (κ3) is 0.619. The number of fused-ring (bicyclic) bond motifs is 2. The maximum Gasteiger partial charge on any atom is 0.00725 e. The van der Waals surface area contributed by atoms with E-state index in [9.17, 15) is 0 Å². The Hall–Kier alpha value is -0.0400. The topological polar surface area (TPSA) is 26.0 Å². The van der Waals surface area contributed by atoms with Gasteiger partial charge in [0, 0.05) is 6.04 Å². The Morgan fingerprint density at radius 3 is 2.30 bits per heavy atom. The Balaban J connectivity index is 2.16. The molecule has 0 aromatic heterocycles. The molecule has 58 valence electrons. The molecule has 1 nitrogen and oxygen atoms in total. The minimum absolute atomic E-state index is 0.514. The molecule has 10 heavy (non-hydrogen) atoms. The van der Waals surface area contributed by atoms with Gasteiger partial charge >= 0.3 is 0 Å². The van der Waals surface area contributed by atoms with Crippen LogP contribution in [0.3, 0.4) is 0 Å². The molecule has 0 saturated heterocycles. The van der Waals surface area contributed by atoms with Crippen LogP contribution in [0.1, 0.15) is 33.1 Å². The van der Waals surface area contributed by atoms with Gasteiger partial charge in [-0.1, -0.05) is 13.8 Å². The van der Waals surface area contributed by atoms with Crippen LogP contribution in [0.5, 0.6) is 0 Å². The summed E-state index contributed by atoms with van der Waals surface area (Å²) in [5, 5.41) is 0. The van der Waals surface area contributed by atoms with Crippen LogP contribution in [0.4, 0.5) is 0 Å². The molecule has 1 heteroatoms. The molecule has 3 aliphatic carbocycles. The van der Waals surface area contributed by atoms with Crippen molar-refractivity contribution in [2.45, 2.75) is 39.2 Å². The molecule has 0 aliphatic heterocycles. The van der Waals surface area contributed by atoms with Crippen LogP contribution in [-0.2, 0) is 0 Å². The van der Waals surface area contributed by atoms with E-state index in [0.29, 0.717) is 11.5 Å². The summed E-state index contributed by atoms with van der Waals surface area (Å²) in [7, 11) is 0. The van der Waals surface area contributed by atoms with Crippen molar-refractivity contribution in [1.82, 2.24) is 0 Å². The average molecular weight is 139 g/mol. The summed E-state index contributed by atoms with van der Waals surface area (Å²) in [6.45, 7) is 4.76. The van der Waals surface area contributed by atoms with Crippen LogP contribution in [0.2, 0.25) is 0 Å². The molecule has 0 amide bonds. The Labute approximate surface area is 63.0 Å². The van der Waals surface area contributed by atoms with Gasteiger partial charge in [0.1, 0.15) is 0 Å². The minimum Gasteiger partial charge on any atom is -0.327 e. The van der Waals surface area contributed by atoms with Gasteiger partial charge in [0.2, 0.25) is 0 Å². The van der Waals surface area contributed by atoms with Crippen LogP contribution in [-0.4, -0.2) is 6.04 Å². The van der Waals surface area contributed by atoms with Gasteiger partial charge in [-0.05, 0) is 36.5 Å². The van der Waals surface area contributed by atoms with E-state index in [2.05, 4.69) is 13.8 Å². The largest absolute Gasteiger partial charge is 0.327 e. The zero-order valence-corrected chi connectivity index (χ0v) is 6.93. The standard InChI is InChI=1S/C9H17N/c1-9(2)6-3-4-8(10)7(9)5-6/h6-8H,3-5,10H2,1-2H3/t6-,7+,8-/m0/s1. The molecule has 3 saturated carbocycles. The summed E-state index contributed by atoms with van der Waals surface area (Å²) >= 11 is 0. The summed E-state index contributed by atoms with van der Waals surface area (Å²) in [6.07, 6.45) is 4.07. The number of hydrogen-bond donors (Lipinski definition) is 1. The van der Waals surface area contributed by atoms with Gasteiger partial charge in [0.05, 0.1) is 0 Å². The first-order chi connectivity index (χ1) is 4.62. The maximum atomic E-state index is 5.99. The highest BCUT2D eigenvalue weighted by Gasteiger charge is 2.53. The van der Waals surface area contributed by atoms with Crippen LogP contribution < -0.4 is 5.73 Å². The van der Waals surface area contributed by atoms with Crippen molar-refractivity contribution in [3.05, 3.63) is 0 Å². The second-order valence-corrected chi connectivity index (χ2v) is 4.60. The van der Waals surface area contributed by atoms with Crippen LogP contribution in [0.25, 0.3) is 0 Å². The molecule has 0 radical (unpaired) electrons. The first-order valence-electron chi connectivity index (χ1n) is 4.38. The Kier molecular flexibility index (Phi) is 1.17. The highest BCUT2D eigenvalue weighted by Crippen LogP contribution is 2.58. The molecule has 0 heterocycles. The minimum atomic E-state index is 0.514. The molecule has 0 unspecified atom stereocenters. The summed E-state index contributed by atoms with van der Waals surface area (Å²) in [5.74, 6) is 1.84. The summed E-state index contributed by atoms with van der Waals surface area (Å²) < 4.78 is 0. The SMILES string of the molecule is CC1(C)[C@H]2CC[C@H](N)[C@H]1C2. The van der Waals surface area contributed by atoms with E-state index in [-0.39, 0.29) is 0 Å². The molecule has 3 rings (SSSR count). The van der Waals surface area contributed by atoms with Gasteiger partial charge in [-0.2, -0.15) is 0 Å². The van der Waals surface area contributed by atoms with E-state index in [0.717, 1.165) is 11.8 Å². The van der Waals surface area contributed by atoms with Gasteiger partial charge in [-0.15, -0.1) is 0 Å². The zero-order valence-electron chi connectivity index (χ0n) is 6.93. The van der Waals surface area contributed by atoms with E-state index in [1.165, 1.54) is 19.3 Å². The first-order valence-corrected chi connectivity index (χ1v) is 4.38. The van der Waals surface area contributed by atoms with E-state index in [4.69, 9.17) is 5.73 Å². The number of nitrogens with two attached hydrogens (primary N) is 1. The summed E-state index contributed by atoms with van der Waals surface area (Å²) in [4.78, 5) is 0. The van der Waals surface area contributed by atoms with Crippen molar-refractivity contribution in [3.8, 4) is 0 Å². The van der Waals surface area contributed by atoms with Crippen LogP contribution in [0, 0.1) is 17.3 Å². The second-order valence-electron chi connectivity index (χ2n) is 4.60. The second kappa shape index (κ2) is 1.76. The van der Waals surface area contributed by atoms with E-state index in [1.807, 2.05) is 0 Å². The fraction of sp³-hybridized carbons (Fsp3) is 1.00. The Bertz CT molecular complexity index is 149. The van der Waals surface area contributed by atoms with Crippen LogP contribution in [0.15, 0.2) is 0 Å². The van der Waals surface area contributed by atoms with Gasteiger partial charge in [0.25, 0.3) is 0 Å². The molecule has 3 atom stereocenters. The number of rotatable bonds is 0. The summed E-state index contributed by atoms with van der Waals surface area (Å²) in [5.41, 5.74) is 6.57. The molecular formula is C9H17N. The fourth-order valence-electron chi connectivity index (χ4n) is 2.87.